The number of ether oxygens (including phenoxy) is 3. The predicted octanol–water partition coefficient (Wildman–Crippen LogP) is 4.89. The summed E-state index contributed by atoms with van der Waals surface area (Å²) in [4.78, 5) is 12.0. The number of carbonyl (C=O) groups is 1. The molecule has 1 aliphatic heterocycles. The number of cyclic esters (lactones) is 1. The number of nitrogens with one attached hydrogen (secondary N) is 1. The molecule has 0 radical (unpaired) electrons. The van der Waals surface area contributed by atoms with Crippen molar-refractivity contribution in [1.82, 2.24) is 0 Å². The molecule has 3 aromatic carbocycles. The van der Waals surface area contributed by atoms with Crippen molar-refractivity contribution in [3.05, 3.63) is 76.3 Å². The highest BCUT2D eigenvalue weighted by Gasteiger charge is 2.27. The maximum Gasteiger partial charge on any atom is 0.338 e. The minimum absolute atomic E-state index is 0.165. The van der Waals surface area contributed by atoms with Gasteiger partial charge in [0.2, 0.25) is 0 Å². The molecule has 0 atom stereocenters. The van der Waals surface area contributed by atoms with E-state index in [2.05, 4.69) is 0 Å². The first-order chi connectivity index (χ1) is 15.2. The highest BCUT2D eigenvalue weighted by atomic mass is 35.5. The minimum Gasteiger partial charge on any atom is -0.494 e. The van der Waals surface area contributed by atoms with Crippen LogP contribution >= 0.6 is 11.6 Å². The Bertz CT molecular complexity index is 1350. The first-order valence-electron chi connectivity index (χ1n) is 9.01. The third kappa shape index (κ3) is 4.19. The summed E-state index contributed by atoms with van der Waals surface area (Å²) in [5.41, 5.74) is -0.239. The van der Waals surface area contributed by atoms with E-state index in [-0.39, 0.29) is 28.7 Å². The Morgan fingerprint density at radius 3 is 2.62 bits per heavy atom. The molecule has 0 amide bonds. The van der Waals surface area contributed by atoms with Gasteiger partial charge in [-0.3, -0.25) is 4.72 Å². The van der Waals surface area contributed by atoms with Gasteiger partial charge in [-0.1, -0.05) is 23.7 Å². The van der Waals surface area contributed by atoms with Crippen LogP contribution in [0.4, 0.5) is 14.5 Å². The monoisotopic (exact) mass is 481 g/mol. The molecule has 166 valence electrons. The van der Waals surface area contributed by atoms with Crippen molar-refractivity contribution in [3.8, 4) is 17.2 Å². The summed E-state index contributed by atoms with van der Waals surface area (Å²) < 4.78 is 72.6. The number of hydrogen-bond acceptors (Lipinski definition) is 6. The van der Waals surface area contributed by atoms with E-state index in [1.54, 1.807) is 12.1 Å². The summed E-state index contributed by atoms with van der Waals surface area (Å²) in [6, 6.07) is 9.76. The summed E-state index contributed by atoms with van der Waals surface area (Å²) in [6.07, 6.45) is 0. The van der Waals surface area contributed by atoms with Crippen molar-refractivity contribution in [2.45, 2.75) is 11.5 Å². The average Bonchev–Trinajstić information content (AvgIpc) is 2.74. The molecule has 0 unspecified atom stereocenters. The molecule has 3 aromatic rings. The van der Waals surface area contributed by atoms with Gasteiger partial charge >= 0.3 is 5.97 Å². The molecule has 32 heavy (non-hydrogen) atoms. The maximum absolute atomic E-state index is 14.4. The number of fused-ring (bicyclic) bond motifs is 6. The summed E-state index contributed by atoms with van der Waals surface area (Å²) in [5.74, 6) is -3.62. The van der Waals surface area contributed by atoms with Crippen LogP contribution in [0, 0.1) is 11.6 Å². The number of anilines is 1. The molecule has 0 fully saturated rings. The maximum atomic E-state index is 14.4. The van der Waals surface area contributed by atoms with Crippen LogP contribution in [0.1, 0.15) is 15.9 Å². The lowest BCUT2D eigenvalue weighted by Gasteiger charge is -2.15. The second kappa shape index (κ2) is 8.29. The average molecular weight is 482 g/mol. The van der Waals surface area contributed by atoms with Crippen LogP contribution in [0.15, 0.2) is 53.4 Å². The lowest BCUT2D eigenvalue weighted by Crippen LogP contribution is -2.17. The largest absolute Gasteiger partial charge is 0.494 e. The summed E-state index contributed by atoms with van der Waals surface area (Å²) in [6.45, 7) is -0.183. The van der Waals surface area contributed by atoms with E-state index >= 15 is 0 Å². The van der Waals surface area contributed by atoms with E-state index < -0.39 is 44.0 Å². The Hall–Kier alpha value is -3.37. The molecule has 0 spiro atoms. The van der Waals surface area contributed by atoms with Gasteiger partial charge in [0.1, 0.15) is 23.1 Å². The van der Waals surface area contributed by atoms with Crippen molar-refractivity contribution < 1.29 is 36.2 Å². The molecule has 1 heterocycles. The third-order valence-electron chi connectivity index (χ3n) is 4.50. The number of methoxy groups -OCH3 is 1. The first kappa shape index (κ1) is 21.8. The predicted molar refractivity (Wildman–Crippen MR) is 111 cm³/mol. The number of sulfonamides is 1. The van der Waals surface area contributed by atoms with E-state index in [0.29, 0.717) is 11.6 Å². The molecule has 1 N–H and O–H groups in total. The SMILES string of the molecule is COc1c(Cl)cc2cc1S(=O)(=O)Nc1cc(c(F)cc1F)Oc1cccc(c1)COC2=O. The van der Waals surface area contributed by atoms with Crippen molar-refractivity contribution in [3.63, 3.8) is 0 Å². The Kier molecular flexibility index (Phi) is 5.66. The fraction of sp³-hybridized carbons (Fsp3) is 0.0952. The Morgan fingerprint density at radius 1 is 1.09 bits per heavy atom. The van der Waals surface area contributed by atoms with Crippen LogP contribution in [0.3, 0.4) is 0 Å². The topological polar surface area (TPSA) is 90.9 Å². The molecule has 4 rings (SSSR count). The summed E-state index contributed by atoms with van der Waals surface area (Å²) >= 11 is 6.12. The lowest BCUT2D eigenvalue weighted by atomic mass is 10.2. The molecule has 11 heteroatoms. The van der Waals surface area contributed by atoms with E-state index in [9.17, 15) is 22.0 Å². The Morgan fingerprint density at radius 2 is 1.88 bits per heavy atom. The molecule has 7 nitrogen and oxygen atoms in total. The van der Waals surface area contributed by atoms with Crippen LogP contribution < -0.4 is 14.2 Å². The van der Waals surface area contributed by atoms with Gasteiger partial charge in [-0.25, -0.2) is 22.0 Å². The van der Waals surface area contributed by atoms with E-state index in [1.807, 2.05) is 4.72 Å². The highest BCUT2D eigenvalue weighted by Crippen LogP contribution is 2.36. The quantitative estimate of drug-likeness (QED) is 0.498. The molecule has 0 aliphatic carbocycles. The molecule has 0 aromatic heterocycles. The van der Waals surface area contributed by atoms with Crippen LogP contribution in [0.2, 0.25) is 5.02 Å². The second-order valence-corrected chi connectivity index (χ2v) is 8.74. The number of esters is 1. The van der Waals surface area contributed by atoms with E-state index in [4.69, 9.17) is 25.8 Å². The zero-order chi connectivity index (χ0) is 23.0. The van der Waals surface area contributed by atoms with Gasteiger partial charge in [0.25, 0.3) is 10.0 Å². The van der Waals surface area contributed by atoms with E-state index in [1.165, 1.54) is 25.3 Å². The molecule has 0 saturated heterocycles. The Labute approximate surface area is 186 Å². The minimum atomic E-state index is -4.54. The molecule has 1 aliphatic rings. The fourth-order valence-corrected chi connectivity index (χ4v) is 4.65. The number of hydrogen-bond donors (Lipinski definition) is 1. The smallest absolute Gasteiger partial charge is 0.338 e. The standard InChI is InChI=1S/C21H14ClF2NO6S/c1-29-20-14(22)6-12-7-19(20)32(27,28)25-17-9-18(16(24)8-15(17)23)31-13-4-2-3-11(5-13)10-30-21(12)26/h2-9,25H,10H2,1H3. The lowest BCUT2D eigenvalue weighted by molar-refractivity contribution is 0.0472. The van der Waals surface area contributed by atoms with Gasteiger partial charge in [0.15, 0.2) is 17.3 Å². The molecule has 0 saturated carbocycles. The van der Waals surface area contributed by atoms with Gasteiger partial charge < -0.3 is 14.2 Å². The van der Waals surface area contributed by atoms with Crippen LogP contribution in [-0.2, 0) is 21.4 Å². The van der Waals surface area contributed by atoms with Gasteiger partial charge in [0.05, 0.1) is 23.4 Å². The van der Waals surface area contributed by atoms with Gasteiger partial charge in [-0.15, -0.1) is 0 Å². The number of benzene rings is 3. The van der Waals surface area contributed by atoms with Crippen molar-refractivity contribution in [2.24, 2.45) is 0 Å². The molecule has 6 bridgehead atoms. The number of carbonyl (C=O) groups excluding carboxylic acids is 1. The van der Waals surface area contributed by atoms with Crippen molar-refractivity contribution in [1.29, 1.82) is 0 Å². The molecular formula is C21H14ClF2NO6S. The van der Waals surface area contributed by atoms with Crippen LogP contribution in [-0.4, -0.2) is 21.5 Å². The Balaban J connectivity index is 1.94. The number of halogens is 3. The summed E-state index contributed by atoms with van der Waals surface area (Å²) in [7, 11) is -3.37. The van der Waals surface area contributed by atoms with Crippen molar-refractivity contribution in [2.75, 3.05) is 11.8 Å². The van der Waals surface area contributed by atoms with E-state index in [0.717, 1.165) is 12.1 Å². The summed E-state index contributed by atoms with van der Waals surface area (Å²) in [5, 5.41) is -0.183. The molecular weight excluding hydrogens is 468 g/mol. The van der Waals surface area contributed by atoms with Crippen LogP contribution in [0.5, 0.6) is 17.2 Å². The zero-order valence-corrected chi connectivity index (χ0v) is 17.9. The third-order valence-corrected chi connectivity index (χ3v) is 6.15. The first-order valence-corrected chi connectivity index (χ1v) is 10.9. The van der Waals surface area contributed by atoms with Gasteiger partial charge in [-0.2, -0.15) is 0 Å². The highest BCUT2D eigenvalue weighted by molar-refractivity contribution is 7.92. The fourth-order valence-electron chi connectivity index (χ4n) is 3.03. The zero-order valence-electron chi connectivity index (χ0n) is 16.3. The van der Waals surface area contributed by atoms with Gasteiger partial charge in [-0.05, 0) is 29.8 Å². The van der Waals surface area contributed by atoms with Gasteiger partial charge in [0, 0.05) is 12.1 Å². The second-order valence-electron chi connectivity index (χ2n) is 6.68. The number of rotatable bonds is 1. The van der Waals surface area contributed by atoms with Crippen molar-refractivity contribution >= 4 is 33.3 Å². The normalized spacial score (nSPS) is 14.8. The van der Waals surface area contributed by atoms with Crippen LogP contribution in [0.25, 0.3) is 0 Å².